The molecule has 11 heteroatoms. The van der Waals surface area contributed by atoms with Gasteiger partial charge in [0.2, 0.25) is 23.6 Å². The van der Waals surface area contributed by atoms with Gasteiger partial charge in [0.25, 0.3) is 0 Å². The van der Waals surface area contributed by atoms with E-state index < -0.39 is 54.3 Å². The quantitative estimate of drug-likeness (QED) is 0.262. The summed E-state index contributed by atoms with van der Waals surface area (Å²) in [7, 11) is 0. The average Bonchev–Trinajstić information content (AvgIpc) is 3.32. The summed E-state index contributed by atoms with van der Waals surface area (Å²) in [5.74, 6) is -4.01. The fourth-order valence-corrected chi connectivity index (χ4v) is 3.99. The van der Waals surface area contributed by atoms with Gasteiger partial charge < -0.3 is 32.1 Å². The van der Waals surface area contributed by atoms with E-state index in [-0.39, 0.29) is 18.2 Å². The van der Waals surface area contributed by atoms with E-state index in [1.807, 2.05) is 13.8 Å². The molecule has 1 aliphatic rings. The molecule has 1 fully saturated rings. The number of carboxylic acids is 1. The molecule has 0 aliphatic carbocycles. The maximum absolute atomic E-state index is 13.0. The predicted molar refractivity (Wildman–Crippen MR) is 128 cm³/mol. The molecule has 192 valence electrons. The van der Waals surface area contributed by atoms with Gasteiger partial charge in [-0.1, -0.05) is 50.6 Å². The highest BCUT2D eigenvalue weighted by Crippen LogP contribution is 2.21. The maximum Gasteiger partial charge on any atom is 0.326 e. The molecule has 0 bridgehead atoms. The third-order valence-corrected chi connectivity index (χ3v) is 6.32. The largest absolute Gasteiger partial charge is 0.480 e. The maximum atomic E-state index is 13.0. The van der Waals surface area contributed by atoms with Gasteiger partial charge in [-0.3, -0.25) is 19.2 Å². The molecule has 1 saturated heterocycles. The second-order valence-electron chi connectivity index (χ2n) is 8.92. The molecule has 1 aromatic carbocycles. The van der Waals surface area contributed by atoms with Crippen molar-refractivity contribution in [1.82, 2.24) is 15.5 Å². The minimum absolute atomic E-state index is 0.0115. The first-order chi connectivity index (χ1) is 16.5. The van der Waals surface area contributed by atoms with Crippen molar-refractivity contribution >= 4 is 29.6 Å². The van der Waals surface area contributed by atoms with E-state index in [9.17, 15) is 29.1 Å². The van der Waals surface area contributed by atoms with Crippen LogP contribution in [0.5, 0.6) is 0 Å². The van der Waals surface area contributed by atoms with Gasteiger partial charge in [0.1, 0.15) is 18.1 Å². The number of likely N-dealkylation sites (tertiary alicyclic amines) is 1. The van der Waals surface area contributed by atoms with Crippen molar-refractivity contribution in [2.45, 2.75) is 70.1 Å². The number of hydrogen-bond acceptors (Lipinski definition) is 6. The number of rotatable bonds is 12. The van der Waals surface area contributed by atoms with Crippen LogP contribution < -0.4 is 22.1 Å². The van der Waals surface area contributed by atoms with Crippen molar-refractivity contribution in [3.05, 3.63) is 35.9 Å². The first-order valence-electron chi connectivity index (χ1n) is 11.8. The third-order valence-electron chi connectivity index (χ3n) is 6.32. The summed E-state index contributed by atoms with van der Waals surface area (Å²) >= 11 is 0. The monoisotopic (exact) mass is 489 g/mol. The lowest BCUT2D eigenvalue weighted by molar-refractivity contribution is -0.143. The van der Waals surface area contributed by atoms with E-state index in [1.165, 1.54) is 4.90 Å². The molecule has 5 atom stereocenters. The molecule has 2 rings (SSSR count). The van der Waals surface area contributed by atoms with Crippen LogP contribution in [0.3, 0.4) is 0 Å². The van der Waals surface area contributed by atoms with Crippen LogP contribution in [0, 0.1) is 5.92 Å². The molecule has 7 N–H and O–H groups in total. The van der Waals surface area contributed by atoms with E-state index in [1.54, 1.807) is 30.3 Å². The normalized spacial score (nSPS) is 18.7. The number of carboxylic acid groups (broad SMARTS) is 1. The topological polar surface area (TPSA) is 185 Å². The smallest absolute Gasteiger partial charge is 0.326 e. The lowest BCUT2D eigenvalue weighted by Gasteiger charge is -2.30. The van der Waals surface area contributed by atoms with Crippen molar-refractivity contribution in [3.8, 4) is 0 Å². The number of amides is 4. The highest BCUT2D eigenvalue weighted by atomic mass is 16.4. The van der Waals surface area contributed by atoms with E-state index >= 15 is 0 Å². The Morgan fingerprint density at radius 3 is 2.34 bits per heavy atom. The van der Waals surface area contributed by atoms with Crippen LogP contribution in [0.25, 0.3) is 0 Å². The zero-order chi connectivity index (χ0) is 26.1. The Bertz CT molecular complexity index is 924. The number of hydrogen-bond donors (Lipinski definition) is 5. The van der Waals surface area contributed by atoms with Gasteiger partial charge in [-0.2, -0.15) is 0 Å². The van der Waals surface area contributed by atoms with Gasteiger partial charge in [-0.05, 0) is 24.3 Å². The number of primary amides is 1. The van der Waals surface area contributed by atoms with Crippen molar-refractivity contribution in [2.75, 3.05) is 6.54 Å². The summed E-state index contributed by atoms with van der Waals surface area (Å²) in [6.45, 7) is 4.13. The standard InChI is InChI=1S/C24H35N5O6/c1-3-14(2)20(26)23(33)29-11-7-10-18(29)22(32)27-16(13-19(25)30)21(31)28-17(24(34)35)12-15-8-5-4-6-9-15/h4-6,8-9,14,16-18,20H,3,7,10-13,26H2,1-2H3,(H2,25,30)(H,27,32)(H,28,31)(H,34,35). The number of nitrogens with two attached hydrogens (primary N) is 2. The Morgan fingerprint density at radius 1 is 1.11 bits per heavy atom. The zero-order valence-corrected chi connectivity index (χ0v) is 20.1. The minimum Gasteiger partial charge on any atom is -0.480 e. The molecule has 1 aliphatic heterocycles. The lowest BCUT2D eigenvalue weighted by atomic mass is 9.98. The van der Waals surface area contributed by atoms with Crippen LogP contribution in [0.4, 0.5) is 0 Å². The molecule has 0 radical (unpaired) electrons. The van der Waals surface area contributed by atoms with Crippen LogP contribution in [0.2, 0.25) is 0 Å². The van der Waals surface area contributed by atoms with Crippen LogP contribution in [0.15, 0.2) is 30.3 Å². The second-order valence-corrected chi connectivity index (χ2v) is 8.92. The fourth-order valence-electron chi connectivity index (χ4n) is 3.99. The van der Waals surface area contributed by atoms with Crippen molar-refractivity contribution < 1.29 is 29.1 Å². The van der Waals surface area contributed by atoms with Crippen LogP contribution >= 0.6 is 0 Å². The van der Waals surface area contributed by atoms with Gasteiger partial charge in [-0.15, -0.1) is 0 Å². The van der Waals surface area contributed by atoms with E-state index in [0.717, 1.165) is 0 Å². The fraction of sp³-hybridized carbons (Fsp3) is 0.542. The average molecular weight is 490 g/mol. The molecular formula is C24H35N5O6. The minimum atomic E-state index is -1.39. The highest BCUT2D eigenvalue weighted by Gasteiger charge is 2.39. The number of carbonyl (C=O) groups excluding carboxylic acids is 4. The molecule has 1 heterocycles. The third kappa shape index (κ3) is 7.78. The molecule has 5 unspecified atom stereocenters. The van der Waals surface area contributed by atoms with Gasteiger partial charge in [0.05, 0.1) is 12.5 Å². The first kappa shape index (κ1) is 27.8. The molecule has 0 saturated carbocycles. The number of nitrogens with zero attached hydrogens (tertiary/aromatic N) is 1. The molecule has 4 amide bonds. The number of benzene rings is 1. The lowest BCUT2D eigenvalue weighted by Crippen LogP contribution is -2.58. The van der Waals surface area contributed by atoms with Gasteiger partial charge in [0.15, 0.2) is 0 Å². The van der Waals surface area contributed by atoms with E-state index in [2.05, 4.69) is 10.6 Å². The number of nitrogens with one attached hydrogen (secondary N) is 2. The van der Waals surface area contributed by atoms with Crippen molar-refractivity contribution in [3.63, 3.8) is 0 Å². The summed E-state index contributed by atoms with van der Waals surface area (Å²) in [4.78, 5) is 63.5. The summed E-state index contributed by atoms with van der Waals surface area (Å²) in [5, 5.41) is 14.4. The van der Waals surface area contributed by atoms with Crippen molar-refractivity contribution in [2.24, 2.45) is 17.4 Å². The Hall–Kier alpha value is -3.47. The number of carbonyl (C=O) groups is 5. The summed E-state index contributed by atoms with van der Waals surface area (Å²) in [5.41, 5.74) is 12.0. The van der Waals surface area contributed by atoms with E-state index in [0.29, 0.717) is 31.4 Å². The Kier molecular flexibility index (Phi) is 10.2. The number of aliphatic carboxylic acids is 1. The Labute approximate surface area is 204 Å². The highest BCUT2D eigenvalue weighted by molar-refractivity contribution is 5.96. The summed E-state index contributed by atoms with van der Waals surface area (Å²) in [6, 6.07) is 4.44. The van der Waals surface area contributed by atoms with Crippen LogP contribution in [-0.2, 0) is 30.4 Å². The zero-order valence-electron chi connectivity index (χ0n) is 20.1. The first-order valence-corrected chi connectivity index (χ1v) is 11.8. The van der Waals surface area contributed by atoms with Gasteiger partial charge >= 0.3 is 5.97 Å². The van der Waals surface area contributed by atoms with Gasteiger partial charge in [0, 0.05) is 13.0 Å². The molecule has 35 heavy (non-hydrogen) atoms. The molecule has 0 aromatic heterocycles. The molecule has 0 spiro atoms. The summed E-state index contributed by atoms with van der Waals surface area (Å²) < 4.78 is 0. The van der Waals surface area contributed by atoms with E-state index in [4.69, 9.17) is 11.5 Å². The van der Waals surface area contributed by atoms with Gasteiger partial charge in [-0.25, -0.2) is 4.79 Å². The second kappa shape index (κ2) is 12.8. The molecule has 11 nitrogen and oxygen atoms in total. The predicted octanol–water partition coefficient (Wildman–Crippen LogP) is -0.477. The SMILES string of the molecule is CCC(C)C(N)C(=O)N1CCCC1C(=O)NC(CC(N)=O)C(=O)NC(Cc1ccccc1)C(=O)O. The van der Waals surface area contributed by atoms with Crippen LogP contribution in [0.1, 0.15) is 45.1 Å². The van der Waals surface area contributed by atoms with Crippen LogP contribution in [-0.4, -0.2) is 70.3 Å². The van der Waals surface area contributed by atoms with Crippen molar-refractivity contribution in [1.29, 1.82) is 0 Å². The molecule has 1 aromatic rings. The summed E-state index contributed by atoms with van der Waals surface area (Å²) in [6.07, 6.45) is 1.15. The Morgan fingerprint density at radius 2 is 1.77 bits per heavy atom. The molecular weight excluding hydrogens is 454 g/mol. The Balaban J connectivity index is 2.12.